The van der Waals surface area contributed by atoms with E-state index in [-0.39, 0.29) is 12.2 Å². The summed E-state index contributed by atoms with van der Waals surface area (Å²) in [6.45, 7) is 0.0765. The summed E-state index contributed by atoms with van der Waals surface area (Å²) in [6.07, 6.45) is 2.41. The Morgan fingerprint density at radius 3 is 2.61 bits per heavy atom. The zero-order valence-corrected chi connectivity index (χ0v) is 14.3. The highest BCUT2D eigenvalue weighted by Gasteiger charge is 2.14. The molecule has 0 aliphatic heterocycles. The molecule has 6 nitrogen and oxygen atoms in total. The maximum atomic E-state index is 12.0. The Bertz CT molecular complexity index is 840. The second kappa shape index (κ2) is 7.16. The molecule has 0 aliphatic rings. The van der Waals surface area contributed by atoms with Crippen molar-refractivity contribution in [3.8, 4) is 11.3 Å². The standard InChI is InChI=1S/C14H13Cl2N3O3S/c1-23(21,22)7-3-6-17-14(20)12-8-11(18-19-12)13-9(15)4-2-5-10(13)16/h2-5,7-8H,6H2,1H3,(H,17,20)(H,18,19)/b7-3+. The minimum absolute atomic E-state index is 0.0765. The summed E-state index contributed by atoms with van der Waals surface area (Å²) in [4.78, 5) is 12.0. The number of nitrogens with one attached hydrogen (secondary N) is 2. The zero-order chi connectivity index (χ0) is 17.0. The maximum absolute atomic E-state index is 12.0. The van der Waals surface area contributed by atoms with Gasteiger partial charge in [-0.15, -0.1) is 0 Å². The normalized spacial score (nSPS) is 11.8. The minimum atomic E-state index is -3.21. The van der Waals surface area contributed by atoms with Gasteiger partial charge in [0.15, 0.2) is 9.84 Å². The van der Waals surface area contributed by atoms with Crippen molar-refractivity contribution >= 4 is 38.9 Å². The number of rotatable bonds is 5. The predicted molar refractivity (Wildman–Crippen MR) is 90.4 cm³/mol. The number of aromatic amines is 1. The SMILES string of the molecule is CS(=O)(=O)/C=C/CNC(=O)c1cc(-c2c(Cl)cccc2Cl)n[nH]1. The highest BCUT2D eigenvalue weighted by Crippen LogP contribution is 2.33. The van der Waals surface area contributed by atoms with E-state index in [4.69, 9.17) is 23.2 Å². The topological polar surface area (TPSA) is 91.9 Å². The molecule has 0 saturated heterocycles. The van der Waals surface area contributed by atoms with Gasteiger partial charge in [-0.1, -0.05) is 35.3 Å². The molecule has 0 saturated carbocycles. The number of amides is 1. The number of hydrogen-bond acceptors (Lipinski definition) is 4. The Labute approximate surface area is 143 Å². The highest BCUT2D eigenvalue weighted by molar-refractivity contribution is 7.93. The first-order valence-electron chi connectivity index (χ1n) is 6.42. The molecular formula is C14H13Cl2N3O3S. The first-order chi connectivity index (χ1) is 10.8. The number of carbonyl (C=O) groups excluding carboxylic acids is 1. The van der Waals surface area contributed by atoms with Crippen LogP contribution in [0.2, 0.25) is 10.0 Å². The number of nitrogens with zero attached hydrogens (tertiary/aromatic N) is 1. The van der Waals surface area contributed by atoms with Crippen LogP contribution in [0.5, 0.6) is 0 Å². The van der Waals surface area contributed by atoms with E-state index in [1.165, 1.54) is 12.1 Å². The third kappa shape index (κ3) is 4.82. The molecule has 0 bridgehead atoms. The molecule has 9 heteroatoms. The Morgan fingerprint density at radius 1 is 1.35 bits per heavy atom. The number of sulfone groups is 1. The van der Waals surface area contributed by atoms with Crippen molar-refractivity contribution in [1.29, 1.82) is 0 Å². The number of H-pyrrole nitrogens is 1. The fraction of sp³-hybridized carbons (Fsp3) is 0.143. The monoisotopic (exact) mass is 373 g/mol. The van der Waals surface area contributed by atoms with Crippen LogP contribution < -0.4 is 5.32 Å². The lowest BCUT2D eigenvalue weighted by molar-refractivity contribution is 0.0953. The molecule has 0 atom stereocenters. The van der Waals surface area contributed by atoms with Gasteiger partial charge in [-0.2, -0.15) is 5.10 Å². The maximum Gasteiger partial charge on any atom is 0.269 e. The molecule has 2 N–H and O–H groups in total. The summed E-state index contributed by atoms with van der Waals surface area (Å²) in [5.74, 6) is -0.426. The van der Waals surface area contributed by atoms with Crippen LogP contribution >= 0.6 is 23.2 Å². The quantitative estimate of drug-likeness (QED) is 0.842. The largest absolute Gasteiger partial charge is 0.347 e. The Morgan fingerprint density at radius 2 is 2.00 bits per heavy atom. The molecule has 0 spiro atoms. The lowest BCUT2D eigenvalue weighted by Gasteiger charge is -2.02. The van der Waals surface area contributed by atoms with Gasteiger partial charge in [-0.05, 0) is 18.2 Å². The summed E-state index contributed by atoms with van der Waals surface area (Å²) in [6, 6.07) is 6.58. The average Bonchev–Trinajstić information content (AvgIpc) is 2.92. The lowest BCUT2D eigenvalue weighted by atomic mass is 10.1. The van der Waals surface area contributed by atoms with Crippen molar-refractivity contribution in [3.05, 3.63) is 51.5 Å². The fourth-order valence-electron chi connectivity index (χ4n) is 1.78. The van der Waals surface area contributed by atoms with Crippen LogP contribution in [-0.2, 0) is 9.84 Å². The van der Waals surface area contributed by atoms with Gasteiger partial charge < -0.3 is 5.32 Å². The van der Waals surface area contributed by atoms with E-state index in [0.717, 1.165) is 11.7 Å². The second-order valence-electron chi connectivity index (χ2n) is 4.67. The van der Waals surface area contributed by atoms with Gasteiger partial charge in [-0.25, -0.2) is 8.42 Å². The average molecular weight is 374 g/mol. The van der Waals surface area contributed by atoms with E-state index < -0.39 is 15.7 Å². The number of aromatic nitrogens is 2. The van der Waals surface area contributed by atoms with Crippen molar-refractivity contribution in [2.24, 2.45) is 0 Å². The summed E-state index contributed by atoms with van der Waals surface area (Å²) >= 11 is 12.2. The van der Waals surface area contributed by atoms with Crippen molar-refractivity contribution in [1.82, 2.24) is 15.5 Å². The van der Waals surface area contributed by atoms with E-state index in [1.54, 1.807) is 18.2 Å². The van der Waals surface area contributed by atoms with E-state index in [0.29, 0.717) is 21.3 Å². The Balaban J connectivity index is 2.10. The van der Waals surface area contributed by atoms with Crippen molar-refractivity contribution in [2.45, 2.75) is 0 Å². The third-order valence-electron chi connectivity index (χ3n) is 2.77. The van der Waals surface area contributed by atoms with Gasteiger partial charge in [0, 0.05) is 23.8 Å². The lowest BCUT2D eigenvalue weighted by Crippen LogP contribution is -2.23. The van der Waals surface area contributed by atoms with Crippen LogP contribution in [0.1, 0.15) is 10.5 Å². The van der Waals surface area contributed by atoms with Crippen LogP contribution in [0, 0.1) is 0 Å². The number of benzene rings is 1. The van der Waals surface area contributed by atoms with Crippen LogP contribution in [0.25, 0.3) is 11.3 Å². The molecule has 0 radical (unpaired) electrons. The minimum Gasteiger partial charge on any atom is -0.347 e. The van der Waals surface area contributed by atoms with Crippen LogP contribution in [0.15, 0.2) is 35.7 Å². The molecular weight excluding hydrogens is 361 g/mol. The smallest absolute Gasteiger partial charge is 0.269 e. The molecule has 2 aromatic rings. The predicted octanol–water partition coefficient (Wildman–Crippen LogP) is 2.67. The molecule has 0 unspecified atom stereocenters. The summed E-state index contributed by atoms with van der Waals surface area (Å²) in [5.41, 5.74) is 1.18. The molecule has 1 heterocycles. The van der Waals surface area contributed by atoms with E-state index in [9.17, 15) is 13.2 Å². The van der Waals surface area contributed by atoms with Gasteiger partial charge in [0.25, 0.3) is 5.91 Å². The van der Waals surface area contributed by atoms with Crippen molar-refractivity contribution in [2.75, 3.05) is 12.8 Å². The molecule has 1 aromatic heterocycles. The second-order valence-corrected chi connectivity index (χ2v) is 7.42. The zero-order valence-electron chi connectivity index (χ0n) is 12.0. The number of hydrogen-bond donors (Lipinski definition) is 2. The molecule has 0 aliphatic carbocycles. The van der Waals surface area contributed by atoms with Crippen LogP contribution in [0.3, 0.4) is 0 Å². The summed E-state index contributed by atoms with van der Waals surface area (Å²) < 4.78 is 21.9. The van der Waals surface area contributed by atoms with Crippen LogP contribution in [0.4, 0.5) is 0 Å². The van der Waals surface area contributed by atoms with Gasteiger partial charge in [0.2, 0.25) is 0 Å². The molecule has 1 aromatic carbocycles. The Hall–Kier alpha value is -1.83. The third-order valence-corrected chi connectivity index (χ3v) is 4.08. The molecule has 23 heavy (non-hydrogen) atoms. The van der Waals surface area contributed by atoms with Gasteiger partial charge in [0.05, 0.1) is 15.7 Å². The number of halogens is 2. The molecule has 1 amide bonds. The van der Waals surface area contributed by atoms with Crippen molar-refractivity contribution < 1.29 is 13.2 Å². The molecule has 2 rings (SSSR count). The highest BCUT2D eigenvalue weighted by atomic mass is 35.5. The Kier molecular flexibility index (Phi) is 5.46. The van der Waals surface area contributed by atoms with Crippen LogP contribution in [-0.4, -0.2) is 37.3 Å². The first-order valence-corrected chi connectivity index (χ1v) is 9.13. The van der Waals surface area contributed by atoms with Gasteiger partial charge in [-0.3, -0.25) is 9.89 Å². The molecule has 122 valence electrons. The van der Waals surface area contributed by atoms with E-state index in [1.807, 2.05) is 0 Å². The van der Waals surface area contributed by atoms with Crippen molar-refractivity contribution in [3.63, 3.8) is 0 Å². The summed E-state index contributed by atoms with van der Waals surface area (Å²) in [5, 5.41) is 11.0. The van der Waals surface area contributed by atoms with Gasteiger partial charge >= 0.3 is 0 Å². The first kappa shape index (κ1) is 17.5. The number of carbonyl (C=O) groups is 1. The molecule has 0 fully saturated rings. The van der Waals surface area contributed by atoms with Gasteiger partial charge in [0.1, 0.15) is 5.69 Å². The van der Waals surface area contributed by atoms with E-state index in [2.05, 4.69) is 15.5 Å². The van der Waals surface area contributed by atoms with E-state index >= 15 is 0 Å². The fourth-order valence-corrected chi connectivity index (χ4v) is 2.82. The summed E-state index contributed by atoms with van der Waals surface area (Å²) in [7, 11) is -3.21.